The molecule has 21 heavy (non-hydrogen) atoms. The lowest BCUT2D eigenvalue weighted by atomic mass is 10.2. The highest BCUT2D eigenvalue weighted by Crippen LogP contribution is 2.23. The Bertz CT molecular complexity index is 572. The van der Waals surface area contributed by atoms with E-state index >= 15 is 0 Å². The summed E-state index contributed by atoms with van der Waals surface area (Å²) >= 11 is 3.35. The van der Waals surface area contributed by atoms with Gasteiger partial charge in [0.25, 0.3) is 0 Å². The Hall–Kier alpha value is -0.470. The largest absolute Gasteiger partial charge is 0.377 e. The Kier molecular flexibility index (Phi) is 6.19. The van der Waals surface area contributed by atoms with Crippen LogP contribution in [0.2, 0.25) is 0 Å². The first-order chi connectivity index (χ1) is 10.0. The van der Waals surface area contributed by atoms with Gasteiger partial charge in [-0.15, -0.1) is 0 Å². The number of ether oxygens (including phenoxy) is 1. The summed E-state index contributed by atoms with van der Waals surface area (Å²) in [5.74, 6) is 0. The van der Waals surface area contributed by atoms with Crippen LogP contribution >= 0.6 is 15.9 Å². The van der Waals surface area contributed by atoms with Gasteiger partial charge >= 0.3 is 0 Å². The molecule has 0 saturated carbocycles. The topological polar surface area (TPSA) is 67.4 Å². The Morgan fingerprint density at radius 1 is 1.43 bits per heavy atom. The van der Waals surface area contributed by atoms with Crippen molar-refractivity contribution in [1.29, 1.82) is 0 Å². The lowest BCUT2D eigenvalue weighted by Crippen LogP contribution is -2.32. The van der Waals surface area contributed by atoms with Crippen LogP contribution in [0.1, 0.15) is 25.3 Å². The Morgan fingerprint density at radius 2 is 2.24 bits per heavy atom. The molecule has 1 unspecified atom stereocenters. The van der Waals surface area contributed by atoms with Gasteiger partial charge in [-0.25, -0.2) is 13.1 Å². The summed E-state index contributed by atoms with van der Waals surface area (Å²) in [6.07, 6.45) is 1.90. The van der Waals surface area contributed by atoms with Crippen LogP contribution in [-0.2, 0) is 21.3 Å². The summed E-state index contributed by atoms with van der Waals surface area (Å²) < 4.78 is 33.3. The third kappa shape index (κ3) is 4.75. The maximum atomic E-state index is 12.3. The number of halogens is 1. The number of rotatable bonds is 7. The van der Waals surface area contributed by atoms with Gasteiger partial charge in [0.05, 0.1) is 11.0 Å². The second kappa shape index (κ2) is 7.69. The molecule has 5 nitrogen and oxygen atoms in total. The first kappa shape index (κ1) is 16.9. The summed E-state index contributed by atoms with van der Waals surface area (Å²) in [5.41, 5.74) is 1.04. The minimum absolute atomic E-state index is 0.00780. The van der Waals surface area contributed by atoms with Crippen molar-refractivity contribution in [2.45, 2.75) is 37.3 Å². The van der Waals surface area contributed by atoms with E-state index < -0.39 is 10.0 Å². The normalized spacial score (nSPS) is 19.0. The van der Waals surface area contributed by atoms with Crippen LogP contribution in [0.15, 0.2) is 27.6 Å². The van der Waals surface area contributed by atoms with Crippen molar-refractivity contribution in [3.8, 4) is 0 Å². The molecule has 1 aliphatic rings. The third-order valence-electron chi connectivity index (χ3n) is 3.39. The van der Waals surface area contributed by atoms with Gasteiger partial charge < -0.3 is 10.1 Å². The van der Waals surface area contributed by atoms with Gasteiger partial charge in [0, 0.05) is 24.2 Å². The van der Waals surface area contributed by atoms with Gasteiger partial charge in [-0.2, -0.15) is 0 Å². The Labute approximate surface area is 134 Å². The molecule has 1 heterocycles. The van der Waals surface area contributed by atoms with Gasteiger partial charge in [-0.1, -0.05) is 13.0 Å². The molecular formula is C14H21BrN2O3S. The second-order valence-corrected chi connectivity index (χ2v) is 7.62. The molecule has 2 N–H and O–H groups in total. The van der Waals surface area contributed by atoms with E-state index in [1.807, 2.05) is 19.1 Å². The van der Waals surface area contributed by atoms with Crippen LogP contribution in [-0.4, -0.2) is 34.2 Å². The standard InChI is InChI=1S/C14H21BrN2O3S/c1-2-16-9-11-5-6-14(13(15)8-11)21(18,19)17-10-12-4-3-7-20-12/h5-6,8,12,16-17H,2-4,7,9-10H2,1H3. The van der Waals surface area contributed by atoms with E-state index in [0.717, 1.165) is 38.1 Å². The van der Waals surface area contributed by atoms with Gasteiger partial charge in [0.15, 0.2) is 0 Å². The fourth-order valence-corrected chi connectivity index (χ4v) is 4.42. The van der Waals surface area contributed by atoms with Crippen LogP contribution in [0.4, 0.5) is 0 Å². The first-order valence-corrected chi connectivity index (χ1v) is 9.41. The van der Waals surface area contributed by atoms with E-state index in [1.54, 1.807) is 6.07 Å². The molecule has 0 radical (unpaired) electrons. The summed E-state index contributed by atoms with van der Waals surface area (Å²) in [5, 5.41) is 3.21. The van der Waals surface area contributed by atoms with Gasteiger partial charge in [-0.3, -0.25) is 0 Å². The third-order valence-corrected chi connectivity index (χ3v) is 5.79. The van der Waals surface area contributed by atoms with E-state index in [4.69, 9.17) is 4.74 Å². The number of sulfonamides is 1. The van der Waals surface area contributed by atoms with Crippen LogP contribution in [0.3, 0.4) is 0 Å². The zero-order chi connectivity index (χ0) is 15.3. The van der Waals surface area contributed by atoms with Crippen molar-refractivity contribution in [3.63, 3.8) is 0 Å². The van der Waals surface area contributed by atoms with Crippen molar-refractivity contribution in [2.75, 3.05) is 19.7 Å². The van der Waals surface area contributed by atoms with Crippen molar-refractivity contribution in [2.24, 2.45) is 0 Å². The van der Waals surface area contributed by atoms with Crippen LogP contribution in [0.25, 0.3) is 0 Å². The molecule has 1 aromatic rings. The van der Waals surface area contributed by atoms with E-state index in [1.165, 1.54) is 0 Å². The number of hydrogen-bond donors (Lipinski definition) is 2. The highest BCUT2D eigenvalue weighted by atomic mass is 79.9. The van der Waals surface area contributed by atoms with Gasteiger partial charge in [0.1, 0.15) is 0 Å². The minimum atomic E-state index is -3.51. The fraction of sp³-hybridized carbons (Fsp3) is 0.571. The second-order valence-electron chi connectivity index (χ2n) is 5.03. The molecule has 0 spiro atoms. The van der Waals surface area contributed by atoms with Gasteiger partial charge in [-0.05, 0) is 53.0 Å². The average molecular weight is 377 g/mol. The van der Waals surface area contributed by atoms with Gasteiger partial charge in [0.2, 0.25) is 10.0 Å². The zero-order valence-electron chi connectivity index (χ0n) is 12.1. The molecule has 1 atom stereocenters. The average Bonchev–Trinajstić information content (AvgIpc) is 2.96. The lowest BCUT2D eigenvalue weighted by molar-refractivity contribution is 0.114. The molecular weight excluding hydrogens is 356 g/mol. The highest BCUT2D eigenvalue weighted by Gasteiger charge is 2.22. The Balaban J connectivity index is 2.04. The summed E-state index contributed by atoms with van der Waals surface area (Å²) in [6.45, 7) is 4.67. The first-order valence-electron chi connectivity index (χ1n) is 7.13. The monoisotopic (exact) mass is 376 g/mol. The molecule has 0 bridgehead atoms. The molecule has 1 saturated heterocycles. The lowest BCUT2D eigenvalue weighted by Gasteiger charge is -2.13. The van der Waals surface area contributed by atoms with Crippen LogP contribution in [0, 0.1) is 0 Å². The molecule has 0 amide bonds. The van der Waals surface area contributed by atoms with E-state index in [9.17, 15) is 8.42 Å². The quantitative estimate of drug-likeness (QED) is 0.763. The molecule has 1 fully saturated rings. The molecule has 118 valence electrons. The Morgan fingerprint density at radius 3 is 2.86 bits per heavy atom. The number of hydrogen-bond acceptors (Lipinski definition) is 4. The van der Waals surface area contributed by atoms with Crippen molar-refractivity contribution in [1.82, 2.24) is 10.0 Å². The van der Waals surface area contributed by atoms with E-state index in [0.29, 0.717) is 11.0 Å². The molecule has 1 aromatic carbocycles. The van der Waals surface area contributed by atoms with E-state index in [2.05, 4.69) is 26.0 Å². The smallest absolute Gasteiger partial charge is 0.241 e. The zero-order valence-corrected chi connectivity index (χ0v) is 14.5. The van der Waals surface area contributed by atoms with Crippen molar-refractivity contribution < 1.29 is 13.2 Å². The highest BCUT2D eigenvalue weighted by molar-refractivity contribution is 9.10. The maximum absolute atomic E-state index is 12.3. The van der Waals surface area contributed by atoms with E-state index in [-0.39, 0.29) is 11.0 Å². The number of nitrogens with one attached hydrogen (secondary N) is 2. The predicted molar refractivity (Wildman–Crippen MR) is 85.7 cm³/mol. The summed E-state index contributed by atoms with van der Waals surface area (Å²) in [4.78, 5) is 0.265. The summed E-state index contributed by atoms with van der Waals surface area (Å²) in [6, 6.07) is 5.30. The predicted octanol–water partition coefficient (Wildman–Crippen LogP) is 2.02. The molecule has 0 aromatic heterocycles. The maximum Gasteiger partial charge on any atom is 0.241 e. The van der Waals surface area contributed by atoms with Crippen molar-refractivity contribution in [3.05, 3.63) is 28.2 Å². The molecule has 7 heteroatoms. The number of benzene rings is 1. The summed E-state index contributed by atoms with van der Waals surface area (Å²) in [7, 11) is -3.51. The fourth-order valence-electron chi connectivity index (χ4n) is 2.23. The molecule has 0 aliphatic carbocycles. The van der Waals surface area contributed by atoms with Crippen LogP contribution < -0.4 is 10.0 Å². The minimum Gasteiger partial charge on any atom is -0.377 e. The molecule has 2 rings (SSSR count). The molecule has 1 aliphatic heterocycles. The van der Waals surface area contributed by atoms with Crippen molar-refractivity contribution >= 4 is 26.0 Å². The SMILES string of the molecule is CCNCc1ccc(S(=O)(=O)NCC2CCCO2)c(Br)c1. The van der Waals surface area contributed by atoms with Crippen LogP contribution in [0.5, 0.6) is 0 Å².